The van der Waals surface area contributed by atoms with Crippen LogP contribution >= 0.6 is 0 Å². The number of pyridine rings is 1. The van der Waals surface area contributed by atoms with E-state index < -0.39 is 0 Å². The predicted octanol–water partition coefficient (Wildman–Crippen LogP) is 0.681. The molecule has 1 saturated heterocycles. The Morgan fingerprint density at radius 3 is 3.00 bits per heavy atom. The molecule has 1 amide bonds. The molecule has 1 aromatic rings. The Hall–Kier alpha value is -1.62. The molecular weight excluding hydrogens is 230 g/mol. The van der Waals surface area contributed by atoms with Crippen LogP contribution in [0, 0.1) is 5.92 Å². The van der Waals surface area contributed by atoms with Crippen LogP contribution in [0.3, 0.4) is 0 Å². The van der Waals surface area contributed by atoms with Crippen LogP contribution in [0.25, 0.3) is 0 Å². The molecule has 3 N–H and O–H groups in total. The van der Waals surface area contributed by atoms with Gasteiger partial charge in [-0.05, 0) is 25.0 Å². The summed E-state index contributed by atoms with van der Waals surface area (Å²) in [6.07, 6.45) is 1.62. The van der Waals surface area contributed by atoms with Gasteiger partial charge in [-0.15, -0.1) is 0 Å². The standard InChI is InChI=1S/C13H19N3O2/c1-2-11-5-10(6-12(14)15-11)13(18)16-4-3-9(7-16)8-17/h5-6,9,17H,2-4,7-8H2,1H3,(H2,14,15). The molecule has 0 bridgehead atoms. The van der Waals surface area contributed by atoms with E-state index >= 15 is 0 Å². The number of aliphatic hydroxyl groups is 1. The van der Waals surface area contributed by atoms with E-state index in [-0.39, 0.29) is 18.4 Å². The summed E-state index contributed by atoms with van der Waals surface area (Å²) in [7, 11) is 0. The van der Waals surface area contributed by atoms with Crippen molar-refractivity contribution in [2.45, 2.75) is 19.8 Å². The Kier molecular flexibility index (Phi) is 3.81. The summed E-state index contributed by atoms with van der Waals surface area (Å²) in [5.74, 6) is 0.573. The van der Waals surface area contributed by atoms with Gasteiger partial charge in [-0.2, -0.15) is 0 Å². The van der Waals surface area contributed by atoms with Crippen molar-refractivity contribution in [3.8, 4) is 0 Å². The summed E-state index contributed by atoms with van der Waals surface area (Å²) in [4.78, 5) is 18.2. The van der Waals surface area contributed by atoms with Gasteiger partial charge in [-0.25, -0.2) is 4.98 Å². The smallest absolute Gasteiger partial charge is 0.254 e. The van der Waals surface area contributed by atoms with Crippen molar-refractivity contribution in [1.29, 1.82) is 0 Å². The number of aliphatic hydroxyl groups excluding tert-OH is 1. The number of aromatic nitrogens is 1. The fourth-order valence-corrected chi connectivity index (χ4v) is 2.26. The minimum Gasteiger partial charge on any atom is -0.396 e. The fraction of sp³-hybridized carbons (Fsp3) is 0.538. The Morgan fingerprint density at radius 1 is 1.61 bits per heavy atom. The topological polar surface area (TPSA) is 79.5 Å². The van der Waals surface area contributed by atoms with E-state index in [0.29, 0.717) is 24.5 Å². The Balaban J connectivity index is 2.16. The molecule has 0 spiro atoms. The van der Waals surface area contributed by atoms with Crippen LogP contribution in [0.5, 0.6) is 0 Å². The minimum absolute atomic E-state index is 0.0187. The van der Waals surface area contributed by atoms with Crippen molar-refractivity contribution < 1.29 is 9.90 Å². The van der Waals surface area contributed by atoms with Gasteiger partial charge in [-0.1, -0.05) is 6.92 Å². The molecule has 1 aliphatic rings. The van der Waals surface area contributed by atoms with Crippen molar-refractivity contribution in [1.82, 2.24) is 9.88 Å². The number of likely N-dealkylation sites (tertiary alicyclic amines) is 1. The second-order valence-electron chi connectivity index (χ2n) is 4.71. The molecule has 0 radical (unpaired) electrons. The number of hydrogen-bond donors (Lipinski definition) is 2. The third-order valence-electron chi connectivity index (χ3n) is 3.34. The minimum atomic E-state index is -0.0187. The quantitative estimate of drug-likeness (QED) is 0.825. The summed E-state index contributed by atoms with van der Waals surface area (Å²) in [5.41, 5.74) is 7.13. The van der Waals surface area contributed by atoms with Crippen LogP contribution in [0.1, 0.15) is 29.4 Å². The maximum Gasteiger partial charge on any atom is 0.254 e. The van der Waals surface area contributed by atoms with Gasteiger partial charge in [0, 0.05) is 36.9 Å². The molecule has 2 heterocycles. The van der Waals surface area contributed by atoms with Gasteiger partial charge in [0.05, 0.1) is 0 Å². The van der Waals surface area contributed by atoms with Crippen molar-refractivity contribution in [2.75, 3.05) is 25.4 Å². The van der Waals surface area contributed by atoms with Crippen molar-refractivity contribution in [3.05, 3.63) is 23.4 Å². The average Bonchev–Trinajstić information content (AvgIpc) is 2.85. The number of carbonyl (C=O) groups excluding carboxylic acids is 1. The number of carbonyl (C=O) groups is 1. The molecule has 98 valence electrons. The highest BCUT2D eigenvalue weighted by Crippen LogP contribution is 2.19. The number of rotatable bonds is 3. The van der Waals surface area contributed by atoms with E-state index in [4.69, 9.17) is 10.8 Å². The second-order valence-corrected chi connectivity index (χ2v) is 4.71. The summed E-state index contributed by atoms with van der Waals surface area (Å²) in [5, 5.41) is 9.09. The molecule has 0 aliphatic carbocycles. The van der Waals surface area contributed by atoms with Gasteiger partial charge in [0.25, 0.3) is 5.91 Å². The first-order valence-corrected chi connectivity index (χ1v) is 6.30. The van der Waals surface area contributed by atoms with Crippen molar-refractivity contribution in [3.63, 3.8) is 0 Å². The molecule has 2 rings (SSSR count). The number of amides is 1. The maximum atomic E-state index is 12.3. The molecule has 1 fully saturated rings. The monoisotopic (exact) mass is 249 g/mol. The van der Waals surface area contributed by atoms with E-state index in [1.807, 2.05) is 6.92 Å². The van der Waals surface area contributed by atoms with Crippen LogP contribution in [-0.4, -0.2) is 40.6 Å². The van der Waals surface area contributed by atoms with Gasteiger partial charge in [0.1, 0.15) is 5.82 Å². The first-order chi connectivity index (χ1) is 8.63. The predicted molar refractivity (Wildman–Crippen MR) is 69.1 cm³/mol. The van der Waals surface area contributed by atoms with E-state index in [2.05, 4.69) is 4.98 Å². The van der Waals surface area contributed by atoms with Crippen molar-refractivity contribution in [2.24, 2.45) is 5.92 Å². The van der Waals surface area contributed by atoms with Gasteiger partial charge in [0.2, 0.25) is 0 Å². The zero-order valence-electron chi connectivity index (χ0n) is 10.6. The SMILES string of the molecule is CCc1cc(C(=O)N2CCC(CO)C2)cc(N)n1. The van der Waals surface area contributed by atoms with Gasteiger partial charge >= 0.3 is 0 Å². The molecule has 1 unspecified atom stereocenters. The molecule has 5 nitrogen and oxygen atoms in total. The summed E-state index contributed by atoms with van der Waals surface area (Å²) < 4.78 is 0. The van der Waals surface area contributed by atoms with Gasteiger partial charge < -0.3 is 15.7 Å². The third-order valence-corrected chi connectivity index (χ3v) is 3.34. The lowest BCUT2D eigenvalue weighted by molar-refractivity contribution is 0.0781. The van der Waals surface area contributed by atoms with E-state index in [1.54, 1.807) is 17.0 Å². The highest BCUT2D eigenvalue weighted by Gasteiger charge is 2.26. The number of nitrogens with two attached hydrogens (primary N) is 1. The Bertz CT molecular complexity index is 448. The average molecular weight is 249 g/mol. The largest absolute Gasteiger partial charge is 0.396 e. The van der Waals surface area contributed by atoms with Gasteiger partial charge in [-0.3, -0.25) is 4.79 Å². The molecule has 5 heteroatoms. The van der Waals surface area contributed by atoms with Crippen LogP contribution in [0.2, 0.25) is 0 Å². The number of hydrogen-bond acceptors (Lipinski definition) is 4. The van der Waals surface area contributed by atoms with Crippen LogP contribution in [0.4, 0.5) is 5.82 Å². The van der Waals surface area contributed by atoms with E-state index in [0.717, 1.165) is 18.5 Å². The Labute approximate surface area is 107 Å². The highest BCUT2D eigenvalue weighted by atomic mass is 16.3. The maximum absolute atomic E-state index is 12.3. The van der Waals surface area contributed by atoms with E-state index in [9.17, 15) is 4.79 Å². The number of nitrogens with zero attached hydrogens (tertiary/aromatic N) is 2. The van der Waals surface area contributed by atoms with Gasteiger partial charge in [0.15, 0.2) is 0 Å². The molecular formula is C13H19N3O2. The fourth-order valence-electron chi connectivity index (χ4n) is 2.26. The van der Waals surface area contributed by atoms with Crippen LogP contribution in [0.15, 0.2) is 12.1 Å². The molecule has 18 heavy (non-hydrogen) atoms. The van der Waals surface area contributed by atoms with Crippen LogP contribution in [-0.2, 0) is 6.42 Å². The number of anilines is 1. The highest BCUT2D eigenvalue weighted by molar-refractivity contribution is 5.95. The molecule has 1 atom stereocenters. The van der Waals surface area contributed by atoms with Crippen LogP contribution < -0.4 is 5.73 Å². The van der Waals surface area contributed by atoms with Crippen molar-refractivity contribution >= 4 is 11.7 Å². The molecule has 1 aliphatic heterocycles. The number of nitrogen functional groups attached to an aromatic ring is 1. The lowest BCUT2D eigenvalue weighted by Gasteiger charge is -2.16. The first kappa shape index (κ1) is 12.8. The zero-order chi connectivity index (χ0) is 13.1. The summed E-state index contributed by atoms with van der Waals surface area (Å²) in [6.45, 7) is 3.45. The molecule has 0 aromatic carbocycles. The second kappa shape index (κ2) is 5.35. The molecule has 1 aromatic heterocycles. The lowest BCUT2D eigenvalue weighted by atomic mass is 10.1. The third kappa shape index (κ3) is 2.61. The lowest BCUT2D eigenvalue weighted by Crippen LogP contribution is -2.29. The first-order valence-electron chi connectivity index (χ1n) is 6.30. The normalized spacial score (nSPS) is 19.2. The zero-order valence-corrected chi connectivity index (χ0v) is 10.6. The summed E-state index contributed by atoms with van der Waals surface area (Å²) >= 11 is 0. The Morgan fingerprint density at radius 2 is 2.39 bits per heavy atom. The number of aryl methyl sites for hydroxylation is 1. The van der Waals surface area contributed by atoms with E-state index in [1.165, 1.54) is 0 Å². The summed E-state index contributed by atoms with van der Waals surface area (Å²) in [6, 6.07) is 3.42. The molecule has 0 saturated carbocycles.